The molecule has 0 rings (SSSR count). The quantitative estimate of drug-likeness (QED) is 0.254. The van der Waals surface area contributed by atoms with Gasteiger partial charge in [0.05, 0.1) is 25.7 Å². The molecule has 0 aromatic rings. The summed E-state index contributed by atoms with van der Waals surface area (Å²) in [6.45, 7) is 0. The molecule has 0 aliphatic heterocycles. The SMILES string of the molecule is O=C(O)CCC(=O)O.O=C(O)CCC(=O)O.[Li+].[O-]B(O)O. The zero-order chi connectivity index (χ0) is 16.7. The summed E-state index contributed by atoms with van der Waals surface area (Å²) in [5, 5.41) is 54.3. The van der Waals surface area contributed by atoms with Crippen LogP contribution in [0.5, 0.6) is 0 Å². The number of rotatable bonds is 6. The Bertz CT molecular complexity index is 261. The van der Waals surface area contributed by atoms with Gasteiger partial charge in [0.2, 0.25) is 0 Å². The first-order chi connectivity index (χ1) is 8.98. The zero-order valence-corrected chi connectivity index (χ0v) is 11.1. The summed E-state index contributed by atoms with van der Waals surface area (Å²) in [6.07, 6.45) is -1.19. The molecule has 0 saturated heterocycles. The van der Waals surface area contributed by atoms with Gasteiger partial charge in [-0.2, -0.15) is 0 Å². The minimum Gasteiger partial charge on any atom is -0.832 e. The van der Waals surface area contributed by atoms with E-state index in [9.17, 15) is 19.2 Å². The minimum absolute atomic E-state index is 0. The topological polar surface area (TPSA) is 213 Å². The van der Waals surface area contributed by atoms with Gasteiger partial charge in [-0.05, 0) is 0 Å². The molecule has 21 heavy (non-hydrogen) atoms. The summed E-state index contributed by atoms with van der Waals surface area (Å²) in [4.78, 5) is 38.6. The Morgan fingerprint density at radius 1 is 0.667 bits per heavy atom. The van der Waals surface area contributed by atoms with Crippen molar-refractivity contribution in [2.75, 3.05) is 0 Å². The van der Waals surface area contributed by atoms with Crippen LogP contribution in [0.25, 0.3) is 0 Å². The summed E-state index contributed by atoms with van der Waals surface area (Å²) >= 11 is 0. The summed E-state index contributed by atoms with van der Waals surface area (Å²) in [7, 11) is -2.42. The van der Waals surface area contributed by atoms with Gasteiger partial charge in [-0.3, -0.25) is 19.2 Å². The van der Waals surface area contributed by atoms with Crippen LogP contribution in [-0.4, -0.2) is 61.7 Å². The Balaban J connectivity index is -0.000000107. The van der Waals surface area contributed by atoms with E-state index >= 15 is 0 Å². The smallest absolute Gasteiger partial charge is 0.832 e. The largest absolute Gasteiger partial charge is 1.00 e. The second-order valence-corrected chi connectivity index (χ2v) is 2.90. The average Bonchev–Trinajstić information content (AvgIpc) is 2.23. The average molecular weight is 304 g/mol. The second kappa shape index (κ2) is 18.4. The molecule has 0 aromatic carbocycles. The third kappa shape index (κ3) is 70.0. The fraction of sp³-hybridized carbons (Fsp3) is 0.500. The number of hydrogen-bond acceptors (Lipinski definition) is 7. The van der Waals surface area contributed by atoms with Gasteiger partial charge < -0.3 is 35.5 Å². The van der Waals surface area contributed by atoms with Crippen LogP contribution in [0.1, 0.15) is 25.7 Å². The molecule has 0 heterocycles. The van der Waals surface area contributed by atoms with E-state index in [-0.39, 0.29) is 44.5 Å². The molecular formula is C8H14BLiO11. The zero-order valence-electron chi connectivity index (χ0n) is 11.1. The van der Waals surface area contributed by atoms with E-state index in [1.807, 2.05) is 0 Å². The van der Waals surface area contributed by atoms with Crippen LogP contribution in [0.4, 0.5) is 0 Å². The summed E-state index contributed by atoms with van der Waals surface area (Å²) in [5.74, 6) is -4.31. The molecule has 6 N–H and O–H groups in total. The second-order valence-electron chi connectivity index (χ2n) is 2.90. The van der Waals surface area contributed by atoms with Gasteiger partial charge >= 0.3 is 50.1 Å². The first-order valence-corrected chi connectivity index (χ1v) is 4.88. The Morgan fingerprint density at radius 3 is 0.810 bits per heavy atom. The van der Waals surface area contributed by atoms with Crippen molar-refractivity contribution >= 4 is 31.2 Å². The molecule has 116 valence electrons. The van der Waals surface area contributed by atoms with E-state index < -0.39 is 31.2 Å². The first kappa shape index (κ1) is 27.7. The standard InChI is InChI=1S/2C4H6O4.BH2O3.Li/c2*5-3(6)1-2-4(7)8;2-1(3)4;/h2*1-2H2,(H,5,6)(H,7,8);2-3H;/q;;-1;+1. The van der Waals surface area contributed by atoms with Gasteiger partial charge in [0.15, 0.2) is 0 Å². The Morgan fingerprint density at radius 2 is 0.762 bits per heavy atom. The monoisotopic (exact) mass is 304 g/mol. The van der Waals surface area contributed by atoms with Gasteiger partial charge in [0.1, 0.15) is 0 Å². The molecule has 0 spiro atoms. The molecule has 11 nitrogen and oxygen atoms in total. The minimum atomic E-state index is -2.42. The maximum Gasteiger partial charge on any atom is 1.00 e. The maximum atomic E-state index is 9.64. The molecule has 0 saturated carbocycles. The molecule has 0 amide bonds. The molecule has 0 fully saturated rings. The molecule has 0 aliphatic rings. The summed E-state index contributed by atoms with van der Waals surface area (Å²) in [6, 6.07) is 0. The van der Waals surface area contributed by atoms with E-state index in [4.69, 9.17) is 35.5 Å². The predicted octanol–water partition coefficient (Wildman–Crippen LogP) is -5.81. The normalized spacial score (nSPS) is 7.76. The molecule has 0 aromatic heterocycles. The summed E-state index contributed by atoms with van der Waals surface area (Å²) < 4.78 is 0. The van der Waals surface area contributed by atoms with Crippen molar-refractivity contribution in [3.8, 4) is 0 Å². The van der Waals surface area contributed by atoms with Gasteiger partial charge in [-0.1, -0.05) is 0 Å². The van der Waals surface area contributed by atoms with Crippen molar-refractivity contribution in [1.29, 1.82) is 0 Å². The van der Waals surface area contributed by atoms with Crippen LogP contribution in [0.15, 0.2) is 0 Å². The number of aliphatic carboxylic acids is 4. The van der Waals surface area contributed by atoms with Crippen LogP contribution >= 0.6 is 0 Å². The van der Waals surface area contributed by atoms with Crippen molar-refractivity contribution in [1.82, 2.24) is 0 Å². The van der Waals surface area contributed by atoms with Crippen LogP contribution in [0.3, 0.4) is 0 Å². The fourth-order valence-electron chi connectivity index (χ4n) is 0.428. The summed E-state index contributed by atoms with van der Waals surface area (Å²) in [5.41, 5.74) is 0. The number of carboxylic acid groups (broad SMARTS) is 4. The van der Waals surface area contributed by atoms with Gasteiger partial charge in [-0.15, -0.1) is 0 Å². The van der Waals surface area contributed by atoms with Crippen molar-refractivity contribution in [2.45, 2.75) is 25.7 Å². The van der Waals surface area contributed by atoms with E-state index in [1.165, 1.54) is 0 Å². The van der Waals surface area contributed by atoms with Crippen molar-refractivity contribution in [2.24, 2.45) is 0 Å². The molecule has 0 atom stereocenters. The van der Waals surface area contributed by atoms with Crippen LogP contribution in [0.2, 0.25) is 0 Å². The van der Waals surface area contributed by atoms with E-state index in [0.29, 0.717) is 0 Å². The number of carboxylic acids is 4. The fourth-order valence-corrected chi connectivity index (χ4v) is 0.428. The van der Waals surface area contributed by atoms with Crippen LogP contribution < -0.4 is 23.9 Å². The van der Waals surface area contributed by atoms with E-state index in [2.05, 4.69) is 0 Å². The van der Waals surface area contributed by atoms with Crippen molar-refractivity contribution in [3.05, 3.63) is 0 Å². The Hall–Kier alpha value is -1.58. The molecule has 0 radical (unpaired) electrons. The molecular weight excluding hydrogens is 290 g/mol. The van der Waals surface area contributed by atoms with Crippen molar-refractivity contribution < 1.29 is 73.5 Å². The van der Waals surface area contributed by atoms with Gasteiger partial charge in [0, 0.05) is 0 Å². The molecule has 0 aliphatic carbocycles. The van der Waals surface area contributed by atoms with Crippen LogP contribution in [0, 0.1) is 0 Å². The molecule has 0 bridgehead atoms. The van der Waals surface area contributed by atoms with E-state index in [0.717, 1.165) is 0 Å². The maximum absolute atomic E-state index is 9.64. The predicted molar refractivity (Wildman–Crippen MR) is 59.2 cm³/mol. The van der Waals surface area contributed by atoms with Gasteiger partial charge in [-0.25, -0.2) is 0 Å². The number of hydrogen-bond donors (Lipinski definition) is 6. The molecule has 0 unspecified atom stereocenters. The van der Waals surface area contributed by atoms with Crippen molar-refractivity contribution in [3.63, 3.8) is 0 Å². The Labute approximate surface area is 131 Å². The third-order valence-corrected chi connectivity index (χ3v) is 1.11. The first-order valence-electron chi connectivity index (χ1n) is 4.88. The number of carbonyl (C=O) groups is 4. The Kier molecular flexibility index (Phi) is 24.3. The van der Waals surface area contributed by atoms with Gasteiger partial charge in [0.25, 0.3) is 0 Å². The third-order valence-electron chi connectivity index (χ3n) is 1.11. The molecule has 13 heteroatoms. The van der Waals surface area contributed by atoms with Crippen LogP contribution in [-0.2, 0) is 19.2 Å². The van der Waals surface area contributed by atoms with E-state index in [1.54, 1.807) is 0 Å².